The fourth-order valence-electron chi connectivity index (χ4n) is 5.14. The lowest BCUT2D eigenvalue weighted by Crippen LogP contribution is -2.48. The second kappa shape index (κ2) is 7.67. The van der Waals surface area contributed by atoms with Crippen molar-refractivity contribution in [3.63, 3.8) is 0 Å². The van der Waals surface area contributed by atoms with Crippen LogP contribution >= 0.6 is 11.3 Å². The summed E-state index contributed by atoms with van der Waals surface area (Å²) >= 11 is 1.72. The van der Waals surface area contributed by atoms with Crippen LogP contribution in [0.25, 0.3) is 0 Å². The standard InChI is InChI=1S/C20H30N2O2S/c1-14(19-11-15-6-7-16(19)10-15)21-20(23)22(12-17-4-2-8-24-17)13-18-5-3-9-25-18/h3,5,9,14-17,19H,2,4,6-8,10-13H2,1H3,(H,21,23). The van der Waals surface area contributed by atoms with Crippen LogP contribution in [0.5, 0.6) is 0 Å². The zero-order valence-corrected chi connectivity index (χ0v) is 16.0. The van der Waals surface area contributed by atoms with Crippen LogP contribution in [0.3, 0.4) is 0 Å². The molecule has 1 saturated heterocycles. The predicted molar refractivity (Wildman–Crippen MR) is 101 cm³/mol. The Balaban J connectivity index is 1.37. The van der Waals surface area contributed by atoms with E-state index in [4.69, 9.17) is 4.74 Å². The molecule has 1 aromatic heterocycles. The van der Waals surface area contributed by atoms with Gasteiger partial charge >= 0.3 is 6.03 Å². The van der Waals surface area contributed by atoms with Crippen LogP contribution in [0.1, 0.15) is 50.3 Å². The van der Waals surface area contributed by atoms with Crippen LogP contribution in [-0.2, 0) is 11.3 Å². The highest BCUT2D eigenvalue weighted by atomic mass is 32.1. The van der Waals surface area contributed by atoms with Gasteiger partial charge in [0, 0.05) is 24.1 Å². The van der Waals surface area contributed by atoms with Crippen molar-refractivity contribution in [2.24, 2.45) is 17.8 Å². The van der Waals surface area contributed by atoms with Crippen molar-refractivity contribution in [3.05, 3.63) is 22.4 Å². The quantitative estimate of drug-likeness (QED) is 0.821. The third kappa shape index (κ3) is 4.03. The molecule has 0 radical (unpaired) electrons. The minimum Gasteiger partial charge on any atom is -0.376 e. The van der Waals surface area contributed by atoms with Crippen LogP contribution < -0.4 is 5.32 Å². The minimum absolute atomic E-state index is 0.0826. The van der Waals surface area contributed by atoms with E-state index >= 15 is 0 Å². The van der Waals surface area contributed by atoms with E-state index in [9.17, 15) is 4.79 Å². The molecule has 2 aliphatic carbocycles. The molecular formula is C20H30N2O2S. The van der Waals surface area contributed by atoms with E-state index in [1.807, 2.05) is 4.90 Å². The van der Waals surface area contributed by atoms with Gasteiger partial charge in [0.25, 0.3) is 0 Å². The third-order valence-corrected chi connectivity index (χ3v) is 7.31. The molecule has 4 nitrogen and oxygen atoms in total. The molecule has 1 N–H and O–H groups in total. The first-order valence-corrected chi connectivity index (χ1v) is 10.8. The second-order valence-corrected chi connectivity index (χ2v) is 9.20. The van der Waals surface area contributed by atoms with Crippen molar-refractivity contribution in [1.82, 2.24) is 10.2 Å². The zero-order valence-electron chi connectivity index (χ0n) is 15.2. The van der Waals surface area contributed by atoms with Gasteiger partial charge in [-0.25, -0.2) is 4.79 Å². The molecule has 2 saturated carbocycles. The van der Waals surface area contributed by atoms with Gasteiger partial charge in [-0.3, -0.25) is 0 Å². The number of nitrogens with one attached hydrogen (secondary N) is 1. The van der Waals surface area contributed by atoms with Crippen molar-refractivity contribution < 1.29 is 9.53 Å². The third-order valence-electron chi connectivity index (χ3n) is 6.45. The molecular weight excluding hydrogens is 332 g/mol. The number of fused-ring (bicyclic) bond motifs is 2. The van der Waals surface area contributed by atoms with Crippen LogP contribution in [0.2, 0.25) is 0 Å². The molecule has 2 heterocycles. The summed E-state index contributed by atoms with van der Waals surface area (Å²) in [4.78, 5) is 16.2. The molecule has 3 fully saturated rings. The van der Waals surface area contributed by atoms with E-state index in [2.05, 4.69) is 29.8 Å². The summed E-state index contributed by atoms with van der Waals surface area (Å²) in [5.41, 5.74) is 0. The maximum atomic E-state index is 13.0. The molecule has 138 valence electrons. The van der Waals surface area contributed by atoms with Gasteiger partial charge in [0.1, 0.15) is 0 Å². The number of carbonyl (C=O) groups excluding carboxylic acids is 1. The highest BCUT2D eigenvalue weighted by Gasteiger charge is 2.42. The fourth-order valence-corrected chi connectivity index (χ4v) is 5.86. The first-order valence-electron chi connectivity index (χ1n) is 9.88. The van der Waals surface area contributed by atoms with Gasteiger partial charge in [-0.1, -0.05) is 12.5 Å². The topological polar surface area (TPSA) is 41.6 Å². The number of amides is 2. The van der Waals surface area contributed by atoms with Gasteiger partial charge in [0.05, 0.1) is 12.6 Å². The fraction of sp³-hybridized carbons (Fsp3) is 0.750. The summed E-state index contributed by atoms with van der Waals surface area (Å²) in [5.74, 6) is 2.43. The molecule has 1 aliphatic heterocycles. The number of carbonyl (C=O) groups is 1. The monoisotopic (exact) mass is 362 g/mol. The molecule has 3 aliphatic rings. The van der Waals surface area contributed by atoms with Crippen molar-refractivity contribution in [3.8, 4) is 0 Å². The number of nitrogens with zero attached hydrogens (tertiary/aromatic N) is 1. The summed E-state index contributed by atoms with van der Waals surface area (Å²) in [6, 6.07) is 4.53. The molecule has 25 heavy (non-hydrogen) atoms. The van der Waals surface area contributed by atoms with Crippen molar-refractivity contribution in [2.75, 3.05) is 13.2 Å². The maximum Gasteiger partial charge on any atom is 0.318 e. The molecule has 4 rings (SSSR count). The van der Waals surface area contributed by atoms with E-state index in [1.165, 1.54) is 30.6 Å². The Hall–Kier alpha value is -1.07. The molecule has 5 unspecified atom stereocenters. The highest BCUT2D eigenvalue weighted by Crippen LogP contribution is 2.49. The first kappa shape index (κ1) is 17.3. The number of rotatable bonds is 6. The Morgan fingerprint density at radius 3 is 2.96 bits per heavy atom. The predicted octanol–water partition coefficient (Wildman–Crippen LogP) is 4.26. The van der Waals surface area contributed by atoms with E-state index in [0.717, 1.165) is 31.3 Å². The largest absolute Gasteiger partial charge is 0.376 e. The molecule has 2 bridgehead atoms. The highest BCUT2D eigenvalue weighted by molar-refractivity contribution is 7.09. The van der Waals surface area contributed by atoms with Crippen molar-refractivity contribution in [1.29, 1.82) is 0 Å². The Bertz CT molecular complexity index is 570. The van der Waals surface area contributed by atoms with Crippen LogP contribution in [0.15, 0.2) is 17.5 Å². The number of urea groups is 1. The smallest absolute Gasteiger partial charge is 0.318 e. The Kier molecular flexibility index (Phi) is 5.32. The number of ether oxygens (including phenoxy) is 1. The summed E-state index contributed by atoms with van der Waals surface area (Å²) in [5, 5.41) is 5.41. The van der Waals surface area contributed by atoms with Gasteiger partial charge in [0.15, 0.2) is 0 Å². The van der Waals surface area contributed by atoms with Crippen molar-refractivity contribution >= 4 is 17.4 Å². The number of hydrogen-bond acceptors (Lipinski definition) is 3. The Labute approximate surface area is 154 Å². The summed E-state index contributed by atoms with van der Waals surface area (Å²) in [6.45, 7) is 4.43. The SMILES string of the molecule is CC(NC(=O)N(Cc1cccs1)CC1CCCO1)C1CC2CCC1C2. The average Bonchev–Trinajstić information content (AvgIpc) is 3.38. The van der Waals surface area contributed by atoms with E-state index in [1.54, 1.807) is 11.3 Å². The van der Waals surface area contributed by atoms with Gasteiger partial charge in [-0.05, 0) is 68.2 Å². The molecule has 5 heteroatoms. The average molecular weight is 363 g/mol. The molecule has 5 atom stereocenters. The van der Waals surface area contributed by atoms with E-state index < -0.39 is 0 Å². The van der Waals surface area contributed by atoms with E-state index in [0.29, 0.717) is 19.0 Å². The van der Waals surface area contributed by atoms with Crippen LogP contribution in [-0.4, -0.2) is 36.2 Å². The minimum atomic E-state index is 0.0826. The van der Waals surface area contributed by atoms with E-state index in [-0.39, 0.29) is 18.2 Å². The normalized spacial score (nSPS) is 32.0. The van der Waals surface area contributed by atoms with Gasteiger partial charge in [0.2, 0.25) is 0 Å². The maximum absolute atomic E-state index is 13.0. The lowest BCUT2D eigenvalue weighted by atomic mass is 9.84. The zero-order chi connectivity index (χ0) is 17.2. The second-order valence-electron chi connectivity index (χ2n) is 8.17. The Morgan fingerprint density at radius 2 is 2.32 bits per heavy atom. The lowest BCUT2D eigenvalue weighted by molar-refractivity contribution is 0.0783. The number of thiophene rings is 1. The van der Waals surface area contributed by atoms with Crippen molar-refractivity contribution in [2.45, 2.75) is 64.1 Å². The summed E-state index contributed by atoms with van der Waals surface area (Å²) in [7, 11) is 0. The van der Waals surface area contributed by atoms with Gasteiger partial charge in [-0.15, -0.1) is 11.3 Å². The Morgan fingerprint density at radius 1 is 1.40 bits per heavy atom. The van der Waals surface area contributed by atoms with Crippen LogP contribution in [0.4, 0.5) is 4.79 Å². The van der Waals surface area contributed by atoms with Gasteiger partial charge in [-0.2, -0.15) is 0 Å². The van der Waals surface area contributed by atoms with Gasteiger partial charge < -0.3 is 15.0 Å². The summed E-state index contributed by atoms with van der Waals surface area (Å²) in [6.07, 6.45) is 7.85. The molecule has 0 spiro atoms. The molecule has 2 amide bonds. The first-order chi connectivity index (χ1) is 12.2. The lowest BCUT2D eigenvalue weighted by Gasteiger charge is -2.32. The van der Waals surface area contributed by atoms with Crippen LogP contribution in [0, 0.1) is 17.8 Å². The summed E-state index contributed by atoms with van der Waals surface area (Å²) < 4.78 is 5.78. The number of hydrogen-bond donors (Lipinski definition) is 1. The molecule has 0 aromatic carbocycles. The molecule has 1 aromatic rings.